The summed E-state index contributed by atoms with van der Waals surface area (Å²) >= 11 is 0. The van der Waals surface area contributed by atoms with Crippen LogP contribution in [0.2, 0.25) is 0 Å². The smallest absolute Gasteiger partial charge is 0.225 e. The summed E-state index contributed by atoms with van der Waals surface area (Å²) in [7, 11) is 3.88. The summed E-state index contributed by atoms with van der Waals surface area (Å²) in [6.45, 7) is 4.89. The van der Waals surface area contributed by atoms with Gasteiger partial charge in [0.15, 0.2) is 0 Å². The second-order valence-corrected chi connectivity index (χ2v) is 9.34. The number of rotatable bonds is 5. The fraction of sp³-hybridized carbons (Fsp3) is 0.565. The average Bonchev–Trinajstić information content (AvgIpc) is 3.23. The maximum absolute atomic E-state index is 14.9. The largest absolute Gasteiger partial charge is 0.338 e. The maximum Gasteiger partial charge on any atom is 0.225 e. The summed E-state index contributed by atoms with van der Waals surface area (Å²) in [5, 5.41) is 6.26. The Kier molecular flexibility index (Phi) is 6.53. The van der Waals surface area contributed by atoms with E-state index in [1.807, 2.05) is 12.4 Å². The number of halogens is 2. The van der Waals surface area contributed by atoms with Crippen LogP contribution in [0.15, 0.2) is 24.5 Å². The topological polar surface area (TPSA) is 80.4 Å². The quantitative estimate of drug-likeness (QED) is 0.531. The summed E-state index contributed by atoms with van der Waals surface area (Å²) in [5.41, 5.74) is 8.41. The maximum atomic E-state index is 14.9. The Morgan fingerprint density at radius 3 is 2.42 bits per heavy atom. The lowest BCUT2D eigenvalue weighted by Gasteiger charge is -2.35. The van der Waals surface area contributed by atoms with Gasteiger partial charge in [-0.05, 0) is 44.1 Å². The first-order valence-electron chi connectivity index (χ1n) is 11.7. The van der Waals surface area contributed by atoms with E-state index in [0.717, 1.165) is 37.7 Å². The lowest BCUT2D eigenvalue weighted by Crippen LogP contribution is -2.46. The molecule has 0 saturated carbocycles. The zero-order chi connectivity index (χ0) is 22.9. The van der Waals surface area contributed by atoms with Crippen LogP contribution in [-0.4, -0.2) is 67.7 Å². The number of hydrogen-bond acceptors (Lipinski definition) is 8. The molecule has 1 aromatic carbocycles. The molecule has 3 aliphatic rings. The molecule has 1 aromatic heterocycles. The number of piperazine rings is 1. The van der Waals surface area contributed by atoms with Crippen molar-refractivity contribution in [3.8, 4) is 0 Å². The van der Waals surface area contributed by atoms with Crippen molar-refractivity contribution in [3.63, 3.8) is 0 Å². The number of hydrogen-bond donors (Lipinski definition) is 4. The highest BCUT2D eigenvalue weighted by Crippen LogP contribution is 2.39. The Balaban J connectivity index is 1.31. The third kappa shape index (κ3) is 4.58. The molecule has 0 bridgehead atoms. The summed E-state index contributed by atoms with van der Waals surface area (Å²) in [4.78, 5) is 13.8. The third-order valence-electron chi connectivity index (χ3n) is 7.13. The molecule has 5 rings (SSSR count). The van der Waals surface area contributed by atoms with E-state index in [9.17, 15) is 8.78 Å². The zero-order valence-electron chi connectivity index (χ0n) is 19.1. The fourth-order valence-corrected chi connectivity index (χ4v) is 5.26. The molecule has 8 nitrogen and oxygen atoms in total. The minimum absolute atomic E-state index is 0.0178. The van der Waals surface area contributed by atoms with Crippen LogP contribution in [0.3, 0.4) is 0 Å². The van der Waals surface area contributed by atoms with Gasteiger partial charge in [-0.15, -0.1) is 0 Å². The highest BCUT2D eigenvalue weighted by molar-refractivity contribution is 5.33. The molecule has 3 fully saturated rings. The van der Waals surface area contributed by atoms with Crippen LogP contribution in [0.4, 0.5) is 14.7 Å². The number of hydrazine groups is 1. The summed E-state index contributed by atoms with van der Waals surface area (Å²) in [6.07, 6.45) is 4.37. The first kappa shape index (κ1) is 22.5. The summed E-state index contributed by atoms with van der Waals surface area (Å²) in [5.74, 6) is -0.0773. The lowest BCUT2D eigenvalue weighted by molar-refractivity contribution is 0.258. The van der Waals surface area contributed by atoms with E-state index in [-0.39, 0.29) is 29.6 Å². The zero-order valence-corrected chi connectivity index (χ0v) is 19.1. The molecule has 0 aliphatic carbocycles. The summed E-state index contributed by atoms with van der Waals surface area (Å²) in [6, 6.07) is 2.62. The molecule has 0 spiro atoms. The van der Waals surface area contributed by atoms with Crippen LogP contribution in [-0.2, 0) is 6.54 Å². The van der Waals surface area contributed by atoms with Crippen molar-refractivity contribution < 1.29 is 8.78 Å². The number of benzene rings is 1. The van der Waals surface area contributed by atoms with E-state index in [4.69, 9.17) is 0 Å². The van der Waals surface area contributed by atoms with Crippen molar-refractivity contribution >= 4 is 5.95 Å². The van der Waals surface area contributed by atoms with Crippen molar-refractivity contribution in [1.82, 2.24) is 36.4 Å². The first-order chi connectivity index (χ1) is 16.0. The molecule has 4 unspecified atom stereocenters. The van der Waals surface area contributed by atoms with Gasteiger partial charge < -0.3 is 20.4 Å². The number of fused-ring (bicyclic) bond motifs is 1. The monoisotopic (exact) mass is 458 g/mol. The van der Waals surface area contributed by atoms with Crippen molar-refractivity contribution in [2.75, 3.05) is 51.7 Å². The minimum Gasteiger partial charge on any atom is -0.338 e. The Hall–Kier alpha value is -2.24. The van der Waals surface area contributed by atoms with Crippen molar-refractivity contribution in [3.05, 3.63) is 52.9 Å². The van der Waals surface area contributed by atoms with E-state index in [1.165, 1.54) is 12.1 Å². The van der Waals surface area contributed by atoms with E-state index in [0.29, 0.717) is 25.1 Å². The molecular weight excluding hydrogens is 426 g/mol. The van der Waals surface area contributed by atoms with Gasteiger partial charge in [-0.1, -0.05) is 0 Å². The molecule has 10 heteroatoms. The Labute approximate surface area is 193 Å². The molecule has 0 radical (unpaired) electrons. The van der Waals surface area contributed by atoms with Crippen LogP contribution in [0.1, 0.15) is 35.2 Å². The normalized spacial score (nSPS) is 28.2. The van der Waals surface area contributed by atoms with Gasteiger partial charge in [0.1, 0.15) is 11.6 Å². The number of anilines is 1. The number of piperidine rings is 1. The van der Waals surface area contributed by atoms with Gasteiger partial charge in [0.2, 0.25) is 5.95 Å². The number of nitrogens with one attached hydrogen (secondary N) is 4. The number of nitrogens with zero attached hydrogens (tertiary/aromatic N) is 4. The second-order valence-electron chi connectivity index (χ2n) is 9.34. The van der Waals surface area contributed by atoms with Crippen molar-refractivity contribution in [1.29, 1.82) is 0 Å². The van der Waals surface area contributed by atoms with E-state index in [2.05, 4.69) is 48.3 Å². The molecule has 4 heterocycles. The van der Waals surface area contributed by atoms with Gasteiger partial charge in [-0.25, -0.2) is 24.2 Å². The lowest BCUT2D eigenvalue weighted by atomic mass is 9.80. The molecule has 178 valence electrons. The van der Waals surface area contributed by atoms with Gasteiger partial charge in [0, 0.05) is 74.9 Å². The third-order valence-corrected chi connectivity index (χ3v) is 7.13. The Bertz CT molecular complexity index is 940. The SMILES string of the molecule is CNCc1cc(F)c(C2CC3C(CN2)NNC3c2cnc(N3CCN(C)CC3)nc2)c(F)c1. The highest BCUT2D eigenvalue weighted by atomic mass is 19.1. The van der Waals surface area contributed by atoms with E-state index in [1.54, 1.807) is 7.05 Å². The van der Waals surface area contributed by atoms with Crippen LogP contribution in [0.5, 0.6) is 0 Å². The van der Waals surface area contributed by atoms with Crippen LogP contribution >= 0.6 is 0 Å². The van der Waals surface area contributed by atoms with Crippen LogP contribution in [0.25, 0.3) is 0 Å². The second kappa shape index (κ2) is 9.55. The number of likely N-dealkylation sites (N-methyl/N-ethyl adjacent to an activating group) is 1. The first-order valence-corrected chi connectivity index (χ1v) is 11.7. The molecule has 4 atom stereocenters. The van der Waals surface area contributed by atoms with Crippen molar-refractivity contribution in [2.45, 2.75) is 31.1 Å². The molecule has 3 saturated heterocycles. The fourth-order valence-electron chi connectivity index (χ4n) is 5.26. The van der Waals surface area contributed by atoms with Gasteiger partial charge in [-0.3, -0.25) is 5.43 Å². The molecule has 0 amide bonds. The van der Waals surface area contributed by atoms with Gasteiger partial charge in [0.25, 0.3) is 0 Å². The van der Waals surface area contributed by atoms with Gasteiger partial charge in [-0.2, -0.15) is 0 Å². The Morgan fingerprint density at radius 1 is 1.06 bits per heavy atom. The van der Waals surface area contributed by atoms with Crippen LogP contribution < -0.4 is 26.4 Å². The average molecular weight is 459 g/mol. The van der Waals surface area contributed by atoms with E-state index >= 15 is 0 Å². The molecule has 4 N–H and O–H groups in total. The molecule has 33 heavy (non-hydrogen) atoms. The number of aromatic nitrogens is 2. The van der Waals surface area contributed by atoms with Crippen LogP contribution in [0, 0.1) is 17.6 Å². The predicted molar refractivity (Wildman–Crippen MR) is 123 cm³/mol. The van der Waals surface area contributed by atoms with Gasteiger partial charge >= 0.3 is 0 Å². The standard InChI is InChI=1S/C23H32F2N8/c1-26-10-14-7-17(24)21(18(25)8-14)19-9-16-20(13-27-19)30-31-22(16)15-11-28-23(29-12-15)33-5-3-32(2)4-6-33/h7-8,11-12,16,19-20,22,26-27,30-31H,3-6,9-10,13H2,1-2H3. The highest BCUT2D eigenvalue weighted by Gasteiger charge is 2.42. The molecule has 2 aromatic rings. The Morgan fingerprint density at radius 2 is 1.76 bits per heavy atom. The molecule has 3 aliphatic heterocycles. The van der Waals surface area contributed by atoms with Gasteiger partial charge in [0.05, 0.1) is 6.04 Å². The minimum atomic E-state index is -0.494. The summed E-state index contributed by atoms with van der Waals surface area (Å²) < 4.78 is 29.7. The van der Waals surface area contributed by atoms with E-state index < -0.39 is 11.6 Å². The molecular formula is C23H32F2N8. The van der Waals surface area contributed by atoms with Crippen molar-refractivity contribution in [2.24, 2.45) is 5.92 Å². The predicted octanol–water partition coefficient (Wildman–Crippen LogP) is 1.09.